The third-order valence-corrected chi connectivity index (χ3v) is 3.51. The lowest BCUT2D eigenvalue weighted by molar-refractivity contribution is 0.163. The predicted octanol–water partition coefficient (Wildman–Crippen LogP) is 2.57. The molecule has 1 unspecified atom stereocenters. The second-order valence-corrected chi connectivity index (χ2v) is 5.04. The van der Waals surface area contributed by atoms with Crippen LogP contribution in [0.25, 0.3) is 0 Å². The van der Waals surface area contributed by atoms with E-state index in [9.17, 15) is 5.11 Å². The Morgan fingerprint density at radius 1 is 1.26 bits per heavy atom. The van der Waals surface area contributed by atoms with Crippen LogP contribution in [0.2, 0.25) is 5.15 Å². The molecule has 98 valence electrons. The van der Waals surface area contributed by atoms with Gasteiger partial charge in [0.1, 0.15) is 0 Å². The third-order valence-electron chi connectivity index (χ3n) is 3.32. The fourth-order valence-corrected chi connectivity index (χ4v) is 2.52. The van der Waals surface area contributed by atoms with Gasteiger partial charge in [0.05, 0.1) is 6.10 Å². The van der Waals surface area contributed by atoms with E-state index in [2.05, 4.69) is 27.2 Å². The van der Waals surface area contributed by atoms with E-state index in [0.717, 1.165) is 24.5 Å². The lowest BCUT2D eigenvalue weighted by Gasteiger charge is -2.32. The Kier molecular flexibility index (Phi) is 3.36. The molecule has 2 heterocycles. The van der Waals surface area contributed by atoms with E-state index in [0.29, 0.717) is 11.6 Å². The van der Waals surface area contributed by atoms with E-state index < -0.39 is 6.10 Å². The maximum absolute atomic E-state index is 10.0. The Labute approximate surface area is 116 Å². The number of benzene rings is 1. The van der Waals surface area contributed by atoms with Crippen LogP contribution in [0.1, 0.15) is 23.7 Å². The molecule has 19 heavy (non-hydrogen) atoms. The molecule has 1 N–H and O–H groups in total. The summed E-state index contributed by atoms with van der Waals surface area (Å²) in [5.41, 5.74) is 1.98. The zero-order valence-corrected chi connectivity index (χ0v) is 11.1. The Hall–Kier alpha value is -1.65. The van der Waals surface area contributed by atoms with Crippen molar-refractivity contribution >= 4 is 17.4 Å². The number of hydrogen-bond donors (Lipinski definition) is 1. The first-order valence-corrected chi connectivity index (χ1v) is 6.62. The molecule has 1 aromatic carbocycles. The second kappa shape index (κ2) is 5.15. The Morgan fingerprint density at radius 3 is 2.84 bits per heavy atom. The van der Waals surface area contributed by atoms with Crippen molar-refractivity contribution in [1.82, 2.24) is 10.2 Å². The molecule has 0 saturated carbocycles. The molecule has 1 aliphatic rings. The number of nitrogens with zero attached hydrogens (tertiary/aromatic N) is 3. The summed E-state index contributed by atoms with van der Waals surface area (Å²) in [7, 11) is 0. The molecular weight excluding hydrogens is 262 g/mol. The van der Waals surface area contributed by atoms with Gasteiger partial charge in [0, 0.05) is 18.7 Å². The number of aromatic nitrogens is 2. The molecule has 1 aliphatic heterocycles. The van der Waals surface area contributed by atoms with Crippen LogP contribution in [-0.4, -0.2) is 21.8 Å². The SMILES string of the molecule is OC1CCN(Cc2ccccc2)c2nnc(Cl)cc21. The summed E-state index contributed by atoms with van der Waals surface area (Å²) in [6, 6.07) is 11.9. The van der Waals surface area contributed by atoms with E-state index >= 15 is 0 Å². The monoisotopic (exact) mass is 275 g/mol. The number of rotatable bonds is 2. The Morgan fingerprint density at radius 2 is 2.05 bits per heavy atom. The lowest BCUT2D eigenvalue weighted by atomic mass is 10.0. The molecule has 0 aliphatic carbocycles. The maximum Gasteiger partial charge on any atom is 0.157 e. The molecule has 0 fully saturated rings. The lowest BCUT2D eigenvalue weighted by Crippen LogP contribution is -2.32. The molecule has 4 nitrogen and oxygen atoms in total. The van der Waals surface area contributed by atoms with Crippen molar-refractivity contribution in [1.29, 1.82) is 0 Å². The first kappa shape index (κ1) is 12.4. The van der Waals surface area contributed by atoms with Gasteiger partial charge in [-0.25, -0.2) is 0 Å². The molecule has 0 saturated heterocycles. The first-order chi connectivity index (χ1) is 9.24. The van der Waals surface area contributed by atoms with Gasteiger partial charge in [0.25, 0.3) is 0 Å². The van der Waals surface area contributed by atoms with Crippen molar-refractivity contribution in [2.45, 2.75) is 19.1 Å². The quantitative estimate of drug-likeness (QED) is 0.915. The van der Waals surface area contributed by atoms with Crippen LogP contribution in [0.4, 0.5) is 5.82 Å². The number of halogens is 1. The largest absolute Gasteiger partial charge is 0.388 e. The zero-order chi connectivity index (χ0) is 13.2. The summed E-state index contributed by atoms with van der Waals surface area (Å²) in [5, 5.41) is 18.3. The van der Waals surface area contributed by atoms with Gasteiger partial charge in [-0.3, -0.25) is 0 Å². The van der Waals surface area contributed by atoms with Crippen LogP contribution in [0.5, 0.6) is 0 Å². The minimum Gasteiger partial charge on any atom is -0.388 e. The third kappa shape index (κ3) is 2.55. The standard InChI is InChI=1S/C14H14ClN3O/c15-13-8-11-12(19)6-7-18(14(11)17-16-13)9-10-4-2-1-3-5-10/h1-5,8,12,19H,6-7,9H2. The number of hydrogen-bond acceptors (Lipinski definition) is 4. The van der Waals surface area contributed by atoms with E-state index in [4.69, 9.17) is 11.6 Å². The van der Waals surface area contributed by atoms with E-state index in [1.165, 1.54) is 5.56 Å². The van der Waals surface area contributed by atoms with Crippen LogP contribution < -0.4 is 4.90 Å². The fourth-order valence-electron chi connectivity index (χ4n) is 2.36. The topological polar surface area (TPSA) is 49.2 Å². The van der Waals surface area contributed by atoms with E-state index in [1.807, 2.05) is 18.2 Å². The number of aliphatic hydroxyl groups excluding tert-OH is 1. The minimum atomic E-state index is -0.505. The summed E-state index contributed by atoms with van der Waals surface area (Å²) in [5.74, 6) is 0.729. The molecule has 1 atom stereocenters. The Bertz CT molecular complexity index is 576. The second-order valence-electron chi connectivity index (χ2n) is 4.66. The van der Waals surface area contributed by atoms with Crippen LogP contribution in [-0.2, 0) is 6.54 Å². The zero-order valence-electron chi connectivity index (χ0n) is 10.3. The van der Waals surface area contributed by atoms with Gasteiger partial charge in [-0.2, -0.15) is 0 Å². The van der Waals surface area contributed by atoms with E-state index in [-0.39, 0.29) is 0 Å². The highest BCUT2D eigenvalue weighted by molar-refractivity contribution is 6.29. The van der Waals surface area contributed by atoms with Crippen LogP contribution >= 0.6 is 11.6 Å². The Balaban J connectivity index is 1.91. The summed E-state index contributed by atoms with van der Waals surface area (Å²) in [6.45, 7) is 1.52. The smallest absolute Gasteiger partial charge is 0.157 e. The van der Waals surface area contributed by atoms with Crippen molar-refractivity contribution in [2.24, 2.45) is 0 Å². The van der Waals surface area contributed by atoms with E-state index in [1.54, 1.807) is 6.07 Å². The van der Waals surface area contributed by atoms with Crippen molar-refractivity contribution in [3.05, 3.63) is 52.7 Å². The van der Waals surface area contributed by atoms with Gasteiger partial charge in [0.15, 0.2) is 11.0 Å². The molecule has 3 rings (SSSR count). The summed E-state index contributed by atoms with van der Waals surface area (Å²) < 4.78 is 0. The number of anilines is 1. The average Bonchev–Trinajstić information content (AvgIpc) is 2.43. The average molecular weight is 276 g/mol. The highest BCUT2D eigenvalue weighted by Crippen LogP contribution is 2.33. The minimum absolute atomic E-state index is 0.319. The van der Waals surface area contributed by atoms with Gasteiger partial charge >= 0.3 is 0 Å². The molecule has 0 radical (unpaired) electrons. The van der Waals surface area contributed by atoms with Gasteiger partial charge in [-0.05, 0) is 18.1 Å². The van der Waals surface area contributed by atoms with Crippen LogP contribution in [0.3, 0.4) is 0 Å². The molecular formula is C14H14ClN3O. The van der Waals surface area contributed by atoms with Crippen LogP contribution in [0, 0.1) is 0 Å². The number of aliphatic hydroxyl groups is 1. The van der Waals surface area contributed by atoms with Gasteiger partial charge in [0.2, 0.25) is 0 Å². The van der Waals surface area contributed by atoms with Gasteiger partial charge < -0.3 is 10.0 Å². The molecule has 2 aromatic rings. The summed E-state index contributed by atoms with van der Waals surface area (Å²) >= 11 is 5.85. The molecule has 0 bridgehead atoms. The van der Waals surface area contributed by atoms with Crippen molar-refractivity contribution in [2.75, 3.05) is 11.4 Å². The molecule has 0 amide bonds. The maximum atomic E-state index is 10.0. The predicted molar refractivity (Wildman–Crippen MR) is 74.1 cm³/mol. The highest BCUT2D eigenvalue weighted by Gasteiger charge is 2.25. The van der Waals surface area contributed by atoms with Crippen molar-refractivity contribution in [3.63, 3.8) is 0 Å². The summed E-state index contributed by atoms with van der Waals surface area (Å²) in [4.78, 5) is 2.13. The van der Waals surface area contributed by atoms with Gasteiger partial charge in [-0.15, -0.1) is 10.2 Å². The van der Waals surface area contributed by atoms with Gasteiger partial charge in [-0.1, -0.05) is 41.9 Å². The molecule has 5 heteroatoms. The molecule has 1 aromatic heterocycles. The normalized spacial score (nSPS) is 18.2. The highest BCUT2D eigenvalue weighted by atomic mass is 35.5. The van der Waals surface area contributed by atoms with Crippen molar-refractivity contribution < 1.29 is 5.11 Å². The summed E-state index contributed by atoms with van der Waals surface area (Å²) in [6.07, 6.45) is 0.178. The number of fused-ring (bicyclic) bond motifs is 1. The molecule has 0 spiro atoms. The fraction of sp³-hybridized carbons (Fsp3) is 0.286. The van der Waals surface area contributed by atoms with Crippen molar-refractivity contribution in [3.8, 4) is 0 Å². The first-order valence-electron chi connectivity index (χ1n) is 6.24. The van der Waals surface area contributed by atoms with Crippen LogP contribution in [0.15, 0.2) is 36.4 Å².